The number of piperazine rings is 1. The highest BCUT2D eigenvalue weighted by molar-refractivity contribution is 5.97. The molecule has 4 atom stereocenters. The molecule has 3 fully saturated rings. The molecular weight excluding hydrogens is 635 g/mol. The lowest BCUT2D eigenvalue weighted by molar-refractivity contribution is -0.137. The molecule has 0 spiro atoms. The van der Waals surface area contributed by atoms with Crippen LogP contribution in [0.15, 0.2) is 6.07 Å². The number of nitriles is 1. The van der Waals surface area contributed by atoms with Crippen molar-refractivity contribution in [2.75, 3.05) is 63.7 Å². The van der Waals surface area contributed by atoms with Gasteiger partial charge in [-0.15, -0.1) is 0 Å². The molecule has 3 aromatic rings. The van der Waals surface area contributed by atoms with Gasteiger partial charge in [-0.25, -0.2) is 9.37 Å². The molecule has 6 rings (SSSR count). The van der Waals surface area contributed by atoms with E-state index in [1.54, 1.807) is 6.07 Å². The first-order chi connectivity index (χ1) is 22.8. The normalized spacial score (nSPS) is 24.6. The van der Waals surface area contributed by atoms with Gasteiger partial charge in [0.15, 0.2) is 5.82 Å². The first-order valence-electron chi connectivity index (χ1n) is 16.1. The zero-order chi connectivity index (χ0) is 34.5. The molecule has 0 saturated carbocycles. The minimum Gasteiger partial charge on any atom is -0.480 e. The summed E-state index contributed by atoms with van der Waals surface area (Å²) in [5.74, 6) is -1.46. The number of alkyl halides is 4. The van der Waals surface area contributed by atoms with Gasteiger partial charge in [0, 0.05) is 42.7 Å². The predicted octanol–water partition coefficient (Wildman–Crippen LogP) is 5.26. The van der Waals surface area contributed by atoms with Crippen molar-refractivity contribution in [3.8, 4) is 29.2 Å². The third kappa shape index (κ3) is 5.93. The third-order valence-electron chi connectivity index (χ3n) is 10.1. The predicted molar refractivity (Wildman–Crippen MR) is 170 cm³/mol. The van der Waals surface area contributed by atoms with Crippen LogP contribution in [0.4, 0.5) is 33.5 Å². The maximum Gasteiger partial charge on any atom is 0.417 e. The molecule has 15 heteroatoms. The number of fused-ring (bicyclic) bond motifs is 3. The average Bonchev–Trinajstić information content (AvgIpc) is 3.39. The van der Waals surface area contributed by atoms with Gasteiger partial charge >= 0.3 is 12.2 Å². The molecule has 3 aliphatic heterocycles. The van der Waals surface area contributed by atoms with Crippen molar-refractivity contribution in [1.82, 2.24) is 25.2 Å². The van der Waals surface area contributed by atoms with Crippen LogP contribution in [0.5, 0.6) is 11.9 Å². The van der Waals surface area contributed by atoms with E-state index < -0.39 is 46.5 Å². The summed E-state index contributed by atoms with van der Waals surface area (Å²) in [5.41, 5.74) is 1.03. The lowest BCUT2D eigenvalue weighted by atomic mass is 9.73. The quantitative estimate of drug-likeness (QED) is 0.242. The lowest BCUT2D eigenvalue weighted by Gasteiger charge is -2.44. The van der Waals surface area contributed by atoms with Crippen LogP contribution in [0.2, 0.25) is 0 Å². The number of hydrogen-bond donors (Lipinski definition) is 2. The van der Waals surface area contributed by atoms with Crippen LogP contribution in [0.1, 0.15) is 49.8 Å². The van der Waals surface area contributed by atoms with E-state index in [0.717, 1.165) is 32.0 Å². The molecule has 0 amide bonds. The summed E-state index contributed by atoms with van der Waals surface area (Å²) in [7, 11) is 1.26. The second-order valence-electron chi connectivity index (χ2n) is 13.3. The van der Waals surface area contributed by atoms with E-state index in [4.69, 9.17) is 20.2 Å². The van der Waals surface area contributed by atoms with Gasteiger partial charge in [-0.3, -0.25) is 4.39 Å². The second kappa shape index (κ2) is 12.8. The number of nitrogens with one attached hydrogen (secondary N) is 1. The van der Waals surface area contributed by atoms with Gasteiger partial charge in [0.2, 0.25) is 5.88 Å². The maximum atomic E-state index is 16.9. The molecule has 3 aliphatic rings. The number of hydrogen-bond acceptors (Lipinski definition) is 10. The van der Waals surface area contributed by atoms with Crippen molar-refractivity contribution in [1.29, 1.82) is 5.26 Å². The van der Waals surface area contributed by atoms with E-state index in [9.17, 15) is 22.8 Å². The first-order valence-corrected chi connectivity index (χ1v) is 16.1. The van der Waals surface area contributed by atoms with Crippen molar-refractivity contribution in [3.63, 3.8) is 0 Å². The number of nitrogens with two attached hydrogens (primary N) is 1. The molecule has 1 aromatic carbocycles. The summed E-state index contributed by atoms with van der Waals surface area (Å²) in [4.78, 5) is 17.5. The van der Waals surface area contributed by atoms with Gasteiger partial charge in [-0.1, -0.05) is 13.8 Å². The van der Waals surface area contributed by atoms with Crippen LogP contribution in [0.3, 0.4) is 0 Å². The first kappa shape index (κ1) is 33.9. The summed E-state index contributed by atoms with van der Waals surface area (Å²) in [6, 6.07) is 2.82. The van der Waals surface area contributed by atoms with Gasteiger partial charge < -0.3 is 30.3 Å². The fourth-order valence-electron chi connectivity index (χ4n) is 7.58. The van der Waals surface area contributed by atoms with Crippen molar-refractivity contribution >= 4 is 22.4 Å². The van der Waals surface area contributed by atoms with E-state index in [-0.39, 0.29) is 64.5 Å². The molecular formula is C33H39F5N8O2. The van der Waals surface area contributed by atoms with Gasteiger partial charge in [0.25, 0.3) is 0 Å². The van der Waals surface area contributed by atoms with Crippen LogP contribution in [-0.4, -0.2) is 85.1 Å². The second-order valence-corrected chi connectivity index (χ2v) is 13.3. The highest BCUT2D eigenvalue weighted by Gasteiger charge is 2.42. The smallest absolute Gasteiger partial charge is 0.417 e. The SMILES string of the molecule is CCN1CC[C@H](CF)[C@](C)(COc2nc(N3C[C@H]4CC[C@@H](C3)N4)c3c(OC)nc(-c4c(C#N)c(N)cc(C)c4C(F)(F)F)c(F)c3n2)C1. The molecule has 10 nitrogen and oxygen atoms in total. The summed E-state index contributed by atoms with van der Waals surface area (Å²) in [5, 5.41) is 13.5. The Kier molecular flexibility index (Phi) is 9.01. The van der Waals surface area contributed by atoms with E-state index in [1.165, 1.54) is 14.0 Å². The highest BCUT2D eigenvalue weighted by atomic mass is 19.4. The van der Waals surface area contributed by atoms with E-state index >= 15 is 4.39 Å². The van der Waals surface area contributed by atoms with Crippen molar-refractivity contribution in [2.24, 2.45) is 11.3 Å². The molecule has 2 bridgehead atoms. The monoisotopic (exact) mass is 674 g/mol. The Bertz CT molecular complexity index is 1750. The number of benzene rings is 1. The van der Waals surface area contributed by atoms with Crippen molar-refractivity contribution in [2.45, 2.75) is 58.3 Å². The Morgan fingerprint density at radius 1 is 1.17 bits per heavy atom. The number of likely N-dealkylation sites (tertiary alicyclic amines) is 1. The molecule has 0 unspecified atom stereocenters. The molecule has 48 heavy (non-hydrogen) atoms. The fraction of sp³-hybridized carbons (Fsp3) is 0.576. The Morgan fingerprint density at radius 2 is 1.88 bits per heavy atom. The number of halogens is 5. The summed E-state index contributed by atoms with van der Waals surface area (Å²) >= 11 is 0. The number of nitrogen functional groups attached to an aromatic ring is 1. The van der Waals surface area contributed by atoms with Gasteiger partial charge in [-0.05, 0) is 56.8 Å². The van der Waals surface area contributed by atoms with Crippen molar-refractivity contribution in [3.05, 3.63) is 28.6 Å². The Hall–Kier alpha value is -4.03. The molecule has 5 heterocycles. The van der Waals surface area contributed by atoms with Crippen LogP contribution in [0.25, 0.3) is 22.2 Å². The average molecular weight is 675 g/mol. The number of pyridine rings is 1. The topological polar surface area (TPSA) is 125 Å². The molecule has 3 saturated heterocycles. The van der Waals surface area contributed by atoms with Crippen molar-refractivity contribution < 1.29 is 31.4 Å². The number of aryl methyl sites for hydroxylation is 1. The molecule has 0 radical (unpaired) electrons. The summed E-state index contributed by atoms with van der Waals surface area (Å²) < 4.78 is 86.5. The number of rotatable bonds is 8. The van der Waals surface area contributed by atoms with E-state index in [2.05, 4.69) is 20.2 Å². The number of nitrogens with zero attached hydrogens (tertiary/aromatic N) is 6. The van der Waals surface area contributed by atoms with Gasteiger partial charge in [0.1, 0.15) is 28.5 Å². The Morgan fingerprint density at radius 3 is 2.48 bits per heavy atom. The molecule has 0 aliphatic carbocycles. The zero-order valence-electron chi connectivity index (χ0n) is 27.3. The Balaban J connectivity index is 1.56. The fourth-order valence-corrected chi connectivity index (χ4v) is 7.58. The van der Waals surface area contributed by atoms with Crippen LogP contribution in [-0.2, 0) is 6.18 Å². The third-order valence-corrected chi connectivity index (χ3v) is 10.1. The Labute approximate surface area is 275 Å². The maximum absolute atomic E-state index is 16.9. The van der Waals surface area contributed by atoms with Crippen LogP contribution in [0, 0.1) is 35.4 Å². The standard InChI is InChI=1S/C33H39F5N8O2/c1-5-45-9-8-18(11-34)32(3,15-45)16-48-31-43-28-24(29(44-31)46-13-19-6-7-20(14-46)41-19)30(47-4)42-27(26(28)35)23-21(12-39)22(40)10-17(2)25(23)33(36,37)38/h10,18-20,41H,5-9,11,13-16,40H2,1-4H3/t18-,19-,20+,32+/m1/s1. The number of aromatic nitrogens is 3. The van der Waals surface area contributed by atoms with E-state index in [0.29, 0.717) is 26.1 Å². The minimum atomic E-state index is -4.98. The van der Waals surface area contributed by atoms with E-state index in [1.807, 2.05) is 18.7 Å². The van der Waals surface area contributed by atoms with Gasteiger partial charge in [-0.2, -0.15) is 28.4 Å². The number of anilines is 2. The van der Waals surface area contributed by atoms with Gasteiger partial charge in [0.05, 0.1) is 37.2 Å². The number of piperidine rings is 1. The molecule has 3 N–H and O–H groups in total. The molecule has 2 aromatic heterocycles. The largest absolute Gasteiger partial charge is 0.480 e. The summed E-state index contributed by atoms with van der Waals surface area (Å²) in [6.07, 6.45) is -2.47. The molecule has 258 valence electrons. The summed E-state index contributed by atoms with van der Waals surface area (Å²) in [6.45, 7) is 7.80. The zero-order valence-corrected chi connectivity index (χ0v) is 27.3. The number of ether oxygens (including phenoxy) is 2. The van der Waals surface area contributed by atoms with Crippen LogP contribution >= 0.6 is 0 Å². The van der Waals surface area contributed by atoms with Crippen LogP contribution < -0.4 is 25.4 Å². The number of methoxy groups -OCH3 is 1. The minimum absolute atomic E-state index is 0.0255. The lowest BCUT2D eigenvalue weighted by Crippen LogP contribution is -2.51. The highest BCUT2D eigenvalue weighted by Crippen LogP contribution is 2.46.